The smallest absolute Gasteiger partial charge is 0.347 e. The average molecular weight is 444 g/mol. The zero-order chi connectivity index (χ0) is 23.1. The Morgan fingerprint density at radius 1 is 1.18 bits per heavy atom. The molecule has 9 nitrogen and oxygen atoms in total. The number of hydrazone groups is 1. The third-order valence-corrected chi connectivity index (χ3v) is 6.29. The summed E-state index contributed by atoms with van der Waals surface area (Å²) in [6.45, 7) is 4.12. The van der Waals surface area contributed by atoms with Gasteiger partial charge in [-0.05, 0) is 37.1 Å². The number of ether oxygens (including phenoxy) is 1. The first-order valence-corrected chi connectivity index (χ1v) is 10.7. The lowest BCUT2D eigenvalue weighted by atomic mass is 9.68. The summed E-state index contributed by atoms with van der Waals surface area (Å²) < 4.78 is 6.11. The summed E-state index contributed by atoms with van der Waals surface area (Å²) in [5, 5.41) is 18.4. The molecule has 3 N–H and O–H groups in total. The normalized spacial score (nSPS) is 28.2. The van der Waals surface area contributed by atoms with E-state index in [0.29, 0.717) is 17.9 Å². The third kappa shape index (κ3) is 3.32. The van der Waals surface area contributed by atoms with Crippen LogP contribution in [0, 0.1) is 19.3 Å². The fourth-order valence-electron chi connectivity index (χ4n) is 4.98. The lowest BCUT2D eigenvalue weighted by Crippen LogP contribution is -2.57. The maximum Gasteiger partial charge on any atom is 0.347 e. The van der Waals surface area contributed by atoms with Gasteiger partial charge in [-0.1, -0.05) is 36.4 Å². The van der Waals surface area contributed by atoms with Gasteiger partial charge in [-0.3, -0.25) is 10.3 Å². The molecule has 0 bridgehead atoms. The molecule has 9 heteroatoms. The minimum atomic E-state index is -1.37. The van der Waals surface area contributed by atoms with Crippen molar-refractivity contribution in [2.75, 3.05) is 6.54 Å². The Morgan fingerprint density at radius 2 is 1.94 bits per heavy atom. The number of allylic oxidation sites excluding steroid dienone is 2. The van der Waals surface area contributed by atoms with Crippen molar-refractivity contribution in [3.8, 4) is 6.01 Å². The number of aryl methyl sites for hydroxylation is 2. The second-order valence-electron chi connectivity index (χ2n) is 8.39. The molecule has 1 aromatic heterocycles. The minimum Gasteiger partial charge on any atom is -0.478 e. The van der Waals surface area contributed by atoms with Crippen LogP contribution < -0.4 is 15.5 Å². The SMILES string of the molecule is Cc1cc(C)nc(O[C@H](C(=O)O)[C@@]2(c3ccccc3)NC3CNN=CC34C=NC=CC=C42)n1. The van der Waals surface area contributed by atoms with Gasteiger partial charge in [0.15, 0.2) is 0 Å². The van der Waals surface area contributed by atoms with Crippen molar-refractivity contribution in [3.63, 3.8) is 0 Å². The van der Waals surface area contributed by atoms with Crippen LogP contribution in [-0.4, -0.2) is 52.2 Å². The van der Waals surface area contributed by atoms with Gasteiger partial charge in [0.25, 0.3) is 0 Å². The highest BCUT2D eigenvalue weighted by atomic mass is 16.5. The molecule has 3 aliphatic rings. The van der Waals surface area contributed by atoms with Gasteiger partial charge in [0.05, 0.1) is 5.41 Å². The summed E-state index contributed by atoms with van der Waals surface area (Å²) in [4.78, 5) is 26.0. The summed E-state index contributed by atoms with van der Waals surface area (Å²) >= 11 is 0. The minimum absolute atomic E-state index is 0.0196. The highest BCUT2D eigenvalue weighted by Crippen LogP contribution is 2.51. The van der Waals surface area contributed by atoms with Crippen LogP contribution in [0.15, 0.2) is 70.4 Å². The van der Waals surface area contributed by atoms with E-state index in [1.165, 1.54) is 0 Å². The summed E-state index contributed by atoms with van der Waals surface area (Å²) in [6, 6.07) is 11.1. The molecule has 2 aromatic rings. The van der Waals surface area contributed by atoms with E-state index in [9.17, 15) is 9.90 Å². The van der Waals surface area contributed by atoms with Gasteiger partial charge in [-0.25, -0.2) is 14.8 Å². The lowest BCUT2D eigenvalue weighted by Gasteiger charge is -2.38. The first kappa shape index (κ1) is 21.0. The maximum atomic E-state index is 12.9. The molecule has 3 aliphatic heterocycles. The monoisotopic (exact) mass is 444 g/mol. The first-order valence-electron chi connectivity index (χ1n) is 10.7. The topological polar surface area (TPSA) is 121 Å². The van der Waals surface area contributed by atoms with Crippen LogP contribution in [0.3, 0.4) is 0 Å². The number of nitrogens with zero attached hydrogens (tertiary/aromatic N) is 4. The Kier molecular flexibility index (Phi) is 5.05. The Balaban J connectivity index is 1.74. The van der Waals surface area contributed by atoms with Crippen molar-refractivity contribution < 1.29 is 14.6 Å². The Labute approximate surface area is 191 Å². The van der Waals surface area contributed by atoms with E-state index in [-0.39, 0.29) is 12.1 Å². The van der Waals surface area contributed by atoms with Gasteiger partial charge in [-0.2, -0.15) is 5.10 Å². The first-order chi connectivity index (χ1) is 16.0. The summed E-state index contributed by atoms with van der Waals surface area (Å²) in [5.74, 6) is -1.14. The Bertz CT molecular complexity index is 1190. The van der Waals surface area contributed by atoms with Gasteiger partial charge in [0, 0.05) is 42.6 Å². The number of benzene rings is 1. The standard InChI is InChI=1S/C24H24N6O3/c1-15-11-16(2)29-22(28-15)33-20(21(31)32)24(17-7-4-3-5-8-17)18-9-6-10-25-13-23(18)14-27-26-12-19(23)30-24/h3-11,13-14,19-20,26,30H,12H2,1-2H3,(H,31,32)/t19?,20-,23?,24+/m1/s1. The number of rotatable bonds is 5. The van der Waals surface area contributed by atoms with E-state index in [1.54, 1.807) is 12.4 Å². The fraction of sp³-hybridized carbons (Fsp3) is 0.292. The van der Waals surface area contributed by atoms with Crippen molar-refractivity contribution in [2.45, 2.75) is 31.5 Å². The molecule has 0 radical (unpaired) electrons. The highest BCUT2D eigenvalue weighted by molar-refractivity contribution is 5.98. The summed E-state index contributed by atoms with van der Waals surface area (Å²) in [6.07, 6.45) is 7.64. The number of carboxylic acid groups (broad SMARTS) is 1. The van der Waals surface area contributed by atoms with E-state index in [1.807, 2.05) is 68.6 Å². The Hall–Kier alpha value is -3.85. The molecule has 168 valence electrons. The second kappa shape index (κ2) is 7.93. The number of aliphatic carboxylic acids is 1. The number of carbonyl (C=O) groups is 1. The number of carboxylic acids is 1. The molecule has 1 spiro atoms. The number of nitrogens with one attached hydrogen (secondary N) is 2. The fourth-order valence-corrected chi connectivity index (χ4v) is 4.98. The number of hydrogen-bond donors (Lipinski definition) is 3. The average Bonchev–Trinajstić information content (AvgIpc) is 2.91. The Morgan fingerprint density at radius 3 is 2.67 bits per heavy atom. The number of hydrogen-bond acceptors (Lipinski definition) is 8. The van der Waals surface area contributed by atoms with E-state index < -0.39 is 23.0 Å². The predicted octanol–water partition coefficient (Wildman–Crippen LogP) is 1.89. The molecule has 4 heterocycles. The van der Waals surface area contributed by atoms with E-state index in [4.69, 9.17) is 4.74 Å². The van der Waals surface area contributed by atoms with Crippen molar-refractivity contribution in [3.05, 3.63) is 77.3 Å². The van der Waals surface area contributed by atoms with Gasteiger partial charge in [0.1, 0.15) is 5.54 Å². The van der Waals surface area contributed by atoms with Crippen LogP contribution in [0.2, 0.25) is 0 Å². The molecule has 1 fully saturated rings. The molecule has 4 atom stereocenters. The van der Waals surface area contributed by atoms with Gasteiger partial charge < -0.3 is 15.3 Å². The molecular formula is C24H24N6O3. The van der Waals surface area contributed by atoms with Crippen molar-refractivity contribution in [1.82, 2.24) is 20.7 Å². The molecule has 33 heavy (non-hydrogen) atoms. The highest BCUT2D eigenvalue weighted by Gasteiger charge is 2.64. The number of aromatic nitrogens is 2. The lowest BCUT2D eigenvalue weighted by molar-refractivity contribution is -0.149. The summed E-state index contributed by atoms with van der Waals surface area (Å²) in [7, 11) is 0. The maximum absolute atomic E-state index is 12.9. The van der Waals surface area contributed by atoms with Crippen molar-refractivity contribution in [1.29, 1.82) is 0 Å². The van der Waals surface area contributed by atoms with Crippen LogP contribution in [0.5, 0.6) is 6.01 Å². The second-order valence-corrected chi connectivity index (χ2v) is 8.39. The quantitative estimate of drug-likeness (QED) is 0.644. The van der Waals surface area contributed by atoms with Gasteiger partial charge in [0.2, 0.25) is 6.10 Å². The predicted molar refractivity (Wildman–Crippen MR) is 123 cm³/mol. The van der Waals surface area contributed by atoms with Gasteiger partial charge in [-0.15, -0.1) is 0 Å². The van der Waals surface area contributed by atoms with Gasteiger partial charge >= 0.3 is 12.0 Å². The molecule has 1 saturated heterocycles. The molecule has 0 saturated carbocycles. The molecule has 2 unspecified atom stereocenters. The molecule has 1 aromatic carbocycles. The molecule has 5 rings (SSSR count). The molecular weight excluding hydrogens is 420 g/mol. The number of aliphatic imine (C=N–C) groups is 1. The largest absolute Gasteiger partial charge is 0.478 e. The van der Waals surface area contributed by atoms with E-state index in [2.05, 4.69) is 30.8 Å². The van der Waals surface area contributed by atoms with Crippen molar-refractivity contribution in [2.24, 2.45) is 15.5 Å². The van der Waals surface area contributed by atoms with Crippen LogP contribution in [0.25, 0.3) is 0 Å². The van der Waals surface area contributed by atoms with Crippen LogP contribution in [-0.2, 0) is 10.3 Å². The summed E-state index contributed by atoms with van der Waals surface area (Å²) in [5.41, 5.74) is 3.96. The molecule has 0 aliphatic carbocycles. The molecule has 0 amide bonds. The van der Waals surface area contributed by atoms with Crippen LogP contribution in [0.4, 0.5) is 0 Å². The zero-order valence-corrected chi connectivity index (χ0v) is 18.3. The third-order valence-electron chi connectivity index (χ3n) is 6.29. The van der Waals surface area contributed by atoms with E-state index in [0.717, 1.165) is 11.1 Å². The van der Waals surface area contributed by atoms with Crippen molar-refractivity contribution >= 4 is 18.4 Å². The van der Waals surface area contributed by atoms with Crippen LogP contribution >= 0.6 is 0 Å². The zero-order valence-electron chi connectivity index (χ0n) is 18.3. The van der Waals surface area contributed by atoms with E-state index >= 15 is 0 Å². The van der Waals surface area contributed by atoms with Crippen LogP contribution in [0.1, 0.15) is 17.0 Å².